The Bertz CT molecular complexity index is 222. The van der Waals surface area contributed by atoms with E-state index in [1.54, 1.807) is 0 Å². The van der Waals surface area contributed by atoms with Crippen LogP contribution in [0, 0.1) is 17.8 Å². The maximum atomic E-state index is 10.6. The third kappa shape index (κ3) is 3.17. The zero-order chi connectivity index (χ0) is 10.7. The van der Waals surface area contributed by atoms with Gasteiger partial charge in [0, 0.05) is 5.57 Å². The molecule has 0 bridgehead atoms. The molecule has 2 unspecified atom stereocenters. The Morgan fingerprint density at radius 2 is 1.79 bits per heavy atom. The lowest BCUT2D eigenvalue weighted by Crippen LogP contribution is -2.20. The topological polar surface area (TPSA) is 37.3 Å². The van der Waals surface area contributed by atoms with Crippen molar-refractivity contribution >= 4 is 5.97 Å². The molecule has 1 fully saturated rings. The maximum absolute atomic E-state index is 10.6. The van der Waals surface area contributed by atoms with Crippen LogP contribution in [0.3, 0.4) is 0 Å². The molecule has 0 saturated heterocycles. The first-order valence-electron chi connectivity index (χ1n) is 5.40. The largest absolute Gasteiger partial charge is 0.478 e. The van der Waals surface area contributed by atoms with Crippen LogP contribution in [0.2, 0.25) is 0 Å². The molecule has 2 heteroatoms. The molecule has 0 aromatic heterocycles. The Morgan fingerprint density at radius 3 is 2.21 bits per heavy atom. The molecule has 0 aromatic carbocycles. The number of hydrogen-bond donors (Lipinski definition) is 1. The smallest absolute Gasteiger partial charge is 0.330 e. The third-order valence-electron chi connectivity index (χ3n) is 3.11. The summed E-state index contributed by atoms with van der Waals surface area (Å²) in [6.45, 7) is 8.11. The van der Waals surface area contributed by atoms with Gasteiger partial charge in [-0.05, 0) is 43.4 Å². The van der Waals surface area contributed by atoms with Crippen molar-refractivity contribution in [2.24, 2.45) is 17.8 Å². The third-order valence-corrected chi connectivity index (χ3v) is 3.11. The fraction of sp³-hybridized carbons (Fsp3) is 0.750. The van der Waals surface area contributed by atoms with Crippen molar-refractivity contribution in [3.05, 3.63) is 12.2 Å². The second kappa shape index (κ2) is 4.63. The van der Waals surface area contributed by atoms with Gasteiger partial charge in [-0.25, -0.2) is 4.79 Å². The van der Waals surface area contributed by atoms with Crippen molar-refractivity contribution in [3.63, 3.8) is 0 Å². The van der Waals surface area contributed by atoms with Crippen LogP contribution in [0.25, 0.3) is 0 Å². The highest BCUT2D eigenvalue weighted by atomic mass is 16.4. The molecule has 0 aliphatic heterocycles. The van der Waals surface area contributed by atoms with E-state index in [9.17, 15) is 4.79 Å². The fourth-order valence-corrected chi connectivity index (χ4v) is 2.72. The van der Waals surface area contributed by atoms with Crippen LogP contribution < -0.4 is 0 Å². The Hall–Kier alpha value is -0.790. The van der Waals surface area contributed by atoms with E-state index in [-0.39, 0.29) is 0 Å². The lowest BCUT2D eigenvalue weighted by molar-refractivity contribution is -0.132. The van der Waals surface area contributed by atoms with Gasteiger partial charge in [-0.3, -0.25) is 0 Å². The molecule has 14 heavy (non-hydrogen) atoms. The summed E-state index contributed by atoms with van der Waals surface area (Å²) in [5.74, 6) is 1.18. The number of carboxylic acids is 1. The molecule has 0 spiro atoms. The van der Waals surface area contributed by atoms with Crippen molar-refractivity contribution in [1.29, 1.82) is 0 Å². The predicted molar refractivity (Wildman–Crippen MR) is 57.1 cm³/mol. The summed E-state index contributed by atoms with van der Waals surface area (Å²) in [6, 6.07) is 0. The minimum atomic E-state index is -0.837. The van der Waals surface area contributed by atoms with E-state index < -0.39 is 5.97 Å². The van der Waals surface area contributed by atoms with Gasteiger partial charge in [0.1, 0.15) is 0 Å². The van der Waals surface area contributed by atoms with Crippen LogP contribution in [-0.4, -0.2) is 11.1 Å². The molecule has 1 rings (SSSR count). The average Bonchev–Trinajstić information content (AvgIpc) is 2.01. The van der Waals surface area contributed by atoms with E-state index in [0.29, 0.717) is 17.9 Å². The molecule has 1 aliphatic carbocycles. The van der Waals surface area contributed by atoms with Crippen molar-refractivity contribution in [2.75, 3.05) is 0 Å². The first kappa shape index (κ1) is 11.3. The van der Waals surface area contributed by atoms with E-state index in [1.807, 2.05) is 0 Å². The van der Waals surface area contributed by atoms with Gasteiger partial charge in [0.2, 0.25) is 0 Å². The Labute approximate surface area is 86.0 Å². The maximum Gasteiger partial charge on any atom is 0.330 e. The monoisotopic (exact) mass is 196 g/mol. The van der Waals surface area contributed by atoms with Crippen LogP contribution >= 0.6 is 0 Å². The molecule has 0 heterocycles. The number of carbonyl (C=O) groups is 1. The predicted octanol–water partition coefficient (Wildman–Crippen LogP) is 3.09. The van der Waals surface area contributed by atoms with Crippen LogP contribution in [-0.2, 0) is 4.79 Å². The van der Waals surface area contributed by atoms with E-state index >= 15 is 0 Å². The minimum Gasteiger partial charge on any atom is -0.478 e. The fourth-order valence-electron chi connectivity index (χ4n) is 2.72. The highest BCUT2D eigenvalue weighted by Gasteiger charge is 2.25. The summed E-state index contributed by atoms with van der Waals surface area (Å²) >= 11 is 0. The molecule has 1 saturated carbocycles. The number of hydrogen-bond acceptors (Lipinski definition) is 1. The normalized spacial score (nSPS) is 32.6. The van der Waals surface area contributed by atoms with E-state index in [2.05, 4.69) is 20.4 Å². The minimum absolute atomic E-state index is 0.372. The van der Waals surface area contributed by atoms with Gasteiger partial charge in [-0.2, -0.15) is 0 Å². The van der Waals surface area contributed by atoms with Gasteiger partial charge in [0.05, 0.1) is 0 Å². The summed E-state index contributed by atoms with van der Waals surface area (Å²) in [6.07, 6.45) is 4.29. The van der Waals surface area contributed by atoms with Crippen molar-refractivity contribution in [2.45, 2.75) is 39.5 Å². The number of carboxylic acid groups (broad SMARTS) is 1. The van der Waals surface area contributed by atoms with E-state index in [1.165, 1.54) is 6.42 Å². The van der Waals surface area contributed by atoms with E-state index in [0.717, 1.165) is 24.7 Å². The Morgan fingerprint density at radius 1 is 1.29 bits per heavy atom. The summed E-state index contributed by atoms with van der Waals surface area (Å²) in [4.78, 5) is 10.6. The van der Waals surface area contributed by atoms with Gasteiger partial charge in [-0.1, -0.05) is 20.4 Å². The summed E-state index contributed by atoms with van der Waals surface area (Å²) in [7, 11) is 0. The van der Waals surface area contributed by atoms with Gasteiger partial charge in [-0.15, -0.1) is 0 Å². The zero-order valence-electron chi connectivity index (χ0n) is 9.12. The summed E-state index contributed by atoms with van der Waals surface area (Å²) in [5.41, 5.74) is 0.372. The molecule has 0 radical (unpaired) electrons. The molecule has 0 aromatic rings. The highest BCUT2D eigenvalue weighted by Crippen LogP contribution is 2.35. The van der Waals surface area contributed by atoms with Crippen molar-refractivity contribution in [3.8, 4) is 0 Å². The van der Waals surface area contributed by atoms with Crippen LogP contribution in [0.5, 0.6) is 0 Å². The molecular formula is C12H20O2. The molecule has 0 amide bonds. The van der Waals surface area contributed by atoms with E-state index in [4.69, 9.17) is 5.11 Å². The van der Waals surface area contributed by atoms with Crippen molar-refractivity contribution in [1.82, 2.24) is 0 Å². The number of rotatable bonds is 3. The van der Waals surface area contributed by atoms with Crippen molar-refractivity contribution < 1.29 is 9.90 Å². The average molecular weight is 196 g/mol. The van der Waals surface area contributed by atoms with Gasteiger partial charge in [0.25, 0.3) is 0 Å². The zero-order valence-corrected chi connectivity index (χ0v) is 9.12. The molecule has 2 atom stereocenters. The Balaban J connectivity index is 2.44. The molecule has 1 aliphatic rings. The molecular weight excluding hydrogens is 176 g/mol. The van der Waals surface area contributed by atoms with Gasteiger partial charge in [0.15, 0.2) is 0 Å². The van der Waals surface area contributed by atoms with Crippen LogP contribution in [0.4, 0.5) is 0 Å². The quantitative estimate of drug-likeness (QED) is 0.704. The van der Waals surface area contributed by atoms with Crippen LogP contribution in [0.1, 0.15) is 39.5 Å². The summed E-state index contributed by atoms with van der Waals surface area (Å²) in [5, 5.41) is 8.74. The SMILES string of the molecule is C=C(CC1CC(C)CC(C)C1)C(=O)O. The lowest BCUT2D eigenvalue weighted by atomic mass is 9.74. The van der Waals surface area contributed by atoms with Gasteiger partial charge >= 0.3 is 5.97 Å². The molecule has 2 nitrogen and oxygen atoms in total. The molecule has 80 valence electrons. The second-order valence-corrected chi connectivity index (χ2v) is 4.90. The highest BCUT2D eigenvalue weighted by molar-refractivity contribution is 5.85. The first-order chi connectivity index (χ1) is 6.49. The second-order valence-electron chi connectivity index (χ2n) is 4.90. The standard InChI is InChI=1S/C12H20O2/c1-8-4-9(2)6-11(5-8)7-10(3)12(13)14/h8-9,11H,3-7H2,1-2H3,(H,13,14). The van der Waals surface area contributed by atoms with Gasteiger partial charge < -0.3 is 5.11 Å². The molecule has 1 N–H and O–H groups in total. The Kier molecular flexibility index (Phi) is 3.73. The van der Waals surface area contributed by atoms with Crippen LogP contribution in [0.15, 0.2) is 12.2 Å². The first-order valence-corrected chi connectivity index (χ1v) is 5.40. The lowest BCUT2D eigenvalue weighted by Gasteiger charge is -2.31. The number of aliphatic carboxylic acids is 1. The summed E-state index contributed by atoms with van der Waals surface area (Å²) < 4.78 is 0.